The molecule has 3 rings (SSSR count). The number of benzene rings is 2. The van der Waals surface area contributed by atoms with Crippen LogP contribution in [0.3, 0.4) is 0 Å². The van der Waals surface area contributed by atoms with E-state index in [1.807, 2.05) is 0 Å². The lowest BCUT2D eigenvalue weighted by Gasteiger charge is -2.25. The molecule has 0 amide bonds. The Bertz CT molecular complexity index is 693. The van der Waals surface area contributed by atoms with Crippen molar-refractivity contribution >= 4 is 0 Å². The van der Waals surface area contributed by atoms with Crippen LogP contribution in [0.5, 0.6) is 0 Å². The maximum Gasteiger partial charge on any atom is 0.416 e. The van der Waals surface area contributed by atoms with Crippen molar-refractivity contribution in [1.82, 2.24) is 4.90 Å². The fraction of sp³-hybridized carbons (Fsp3) is 0.368. The molecule has 1 aliphatic carbocycles. The van der Waals surface area contributed by atoms with Gasteiger partial charge in [0.1, 0.15) is 5.82 Å². The molecule has 1 atom stereocenters. The Hall–Kier alpha value is -1.92. The van der Waals surface area contributed by atoms with Crippen molar-refractivity contribution in [2.45, 2.75) is 37.7 Å². The molecule has 1 unspecified atom stereocenters. The van der Waals surface area contributed by atoms with Crippen molar-refractivity contribution in [3.63, 3.8) is 0 Å². The lowest BCUT2D eigenvalue weighted by Crippen LogP contribution is -2.30. The lowest BCUT2D eigenvalue weighted by atomic mass is 10.1. The van der Waals surface area contributed by atoms with E-state index < -0.39 is 17.8 Å². The molecule has 1 aliphatic rings. The topological polar surface area (TPSA) is 23.5 Å². The fourth-order valence-corrected chi connectivity index (χ4v) is 2.83. The summed E-state index contributed by atoms with van der Waals surface area (Å²) in [6, 6.07) is 11.1. The summed E-state index contributed by atoms with van der Waals surface area (Å²) < 4.78 is 50.9. The molecule has 6 heteroatoms. The van der Waals surface area contributed by atoms with E-state index in [1.54, 1.807) is 12.1 Å². The van der Waals surface area contributed by atoms with Gasteiger partial charge in [-0.3, -0.25) is 4.90 Å². The number of alkyl halides is 3. The minimum Gasteiger partial charge on any atom is -0.387 e. The van der Waals surface area contributed by atoms with Gasteiger partial charge >= 0.3 is 6.18 Å². The van der Waals surface area contributed by atoms with Crippen LogP contribution >= 0.6 is 0 Å². The maximum absolute atomic E-state index is 13.0. The zero-order valence-corrected chi connectivity index (χ0v) is 13.5. The molecule has 2 nitrogen and oxygen atoms in total. The van der Waals surface area contributed by atoms with Gasteiger partial charge in [0.15, 0.2) is 0 Å². The fourth-order valence-electron chi connectivity index (χ4n) is 2.83. The Morgan fingerprint density at radius 1 is 1.00 bits per heavy atom. The van der Waals surface area contributed by atoms with Crippen molar-refractivity contribution < 1.29 is 22.7 Å². The molecule has 2 aromatic rings. The first kappa shape index (κ1) is 17.9. The molecule has 0 aliphatic heterocycles. The third-order valence-electron chi connectivity index (χ3n) is 4.39. The smallest absolute Gasteiger partial charge is 0.387 e. The van der Waals surface area contributed by atoms with E-state index in [9.17, 15) is 22.7 Å². The standard InChI is InChI=1S/C19H19F4NO/c20-16-7-3-14(4-8-16)18(25)12-24(17-9-10-17)11-13-1-5-15(6-2-13)19(21,22)23/h1-8,17-18,25H,9-12H2. The van der Waals surface area contributed by atoms with Crippen molar-refractivity contribution in [3.05, 3.63) is 71.0 Å². The predicted molar refractivity (Wildman–Crippen MR) is 86.2 cm³/mol. The molecule has 1 saturated carbocycles. The largest absolute Gasteiger partial charge is 0.416 e. The van der Waals surface area contributed by atoms with E-state index in [4.69, 9.17) is 0 Å². The second kappa shape index (κ2) is 7.14. The number of hydrogen-bond donors (Lipinski definition) is 1. The van der Waals surface area contributed by atoms with Gasteiger partial charge in [-0.25, -0.2) is 4.39 Å². The number of hydrogen-bond acceptors (Lipinski definition) is 2. The maximum atomic E-state index is 13.0. The van der Waals surface area contributed by atoms with Gasteiger partial charge in [0.05, 0.1) is 11.7 Å². The van der Waals surface area contributed by atoms with Gasteiger partial charge in [-0.05, 0) is 48.2 Å². The van der Waals surface area contributed by atoms with E-state index >= 15 is 0 Å². The van der Waals surface area contributed by atoms with Crippen LogP contribution in [0.25, 0.3) is 0 Å². The number of halogens is 4. The Morgan fingerprint density at radius 3 is 2.12 bits per heavy atom. The SMILES string of the molecule is OC(CN(Cc1ccc(C(F)(F)F)cc1)C1CC1)c1ccc(F)cc1. The Balaban J connectivity index is 1.66. The first-order valence-electron chi connectivity index (χ1n) is 8.16. The summed E-state index contributed by atoms with van der Waals surface area (Å²) in [4.78, 5) is 2.07. The minimum atomic E-state index is -4.34. The van der Waals surface area contributed by atoms with Crippen molar-refractivity contribution in [1.29, 1.82) is 0 Å². The zero-order chi connectivity index (χ0) is 18.0. The second-order valence-electron chi connectivity index (χ2n) is 6.42. The second-order valence-corrected chi connectivity index (χ2v) is 6.42. The molecule has 25 heavy (non-hydrogen) atoms. The summed E-state index contributed by atoms with van der Waals surface area (Å²) >= 11 is 0. The number of nitrogens with zero attached hydrogens (tertiary/aromatic N) is 1. The van der Waals surface area contributed by atoms with Crippen LogP contribution in [-0.4, -0.2) is 22.6 Å². The Kier molecular flexibility index (Phi) is 5.11. The molecule has 0 bridgehead atoms. The summed E-state index contributed by atoms with van der Waals surface area (Å²) in [7, 11) is 0. The first-order chi connectivity index (χ1) is 11.8. The molecule has 0 aromatic heterocycles. The van der Waals surface area contributed by atoms with Crippen molar-refractivity contribution in [3.8, 4) is 0 Å². The number of rotatable bonds is 6. The molecular formula is C19H19F4NO. The molecule has 1 N–H and O–H groups in total. The molecule has 0 heterocycles. The first-order valence-corrected chi connectivity index (χ1v) is 8.16. The monoisotopic (exact) mass is 353 g/mol. The highest BCUT2D eigenvalue weighted by molar-refractivity contribution is 5.25. The predicted octanol–water partition coefficient (Wildman–Crippen LogP) is 4.54. The molecule has 0 radical (unpaired) electrons. The highest BCUT2D eigenvalue weighted by atomic mass is 19.4. The van der Waals surface area contributed by atoms with E-state index in [1.165, 1.54) is 24.3 Å². The average molecular weight is 353 g/mol. The van der Waals surface area contributed by atoms with Crippen molar-refractivity contribution in [2.75, 3.05) is 6.54 Å². The van der Waals surface area contributed by atoms with Crippen molar-refractivity contribution in [2.24, 2.45) is 0 Å². The van der Waals surface area contributed by atoms with Crippen LogP contribution < -0.4 is 0 Å². The highest BCUT2D eigenvalue weighted by Crippen LogP contribution is 2.32. The minimum absolute atomic E-state index is 0.331. The van der Waals surface area contributed by atoms with Crippen LogP contribution in [0.4, 0.5) is 17.6 Å². The molecule has 0 saturated heterocycles. The lowest BCUT2D eigenvalue weighted by molar-refractivity contribution is -0.137. The third-order valence-corrected chi connectivity index (χ3v) is 4.39. The summed E-state index contributed by atoms with van der Waals surface area (Å²) in [5.74, 6) is -0.361. The van der Waals surface area contributed by atoms with E-state index in [0.717, 1.165) is 30.5 Å². The van der Waals surface area contributed by atoms with Gasteiger partial charge in [-0.2, -0.15) is 13.2 Å². The van der Waals surface area contributed by atoms with Crippen LogP contribution in [0.2, 0.25) is 0 Å². The summed E-state index contributed by atoms with van der Waals surface area (Å²) in [5.41, 5.74) is 0.728. The molecule has 2 aromatic carbocycles. The van der Waals surface area contributed by atoms with Gasteiger partial charge in [0, 0.05) is 19.1 Å². The molecule has 1 fully saturated rings. The highest BCUT2D eigenvalue weighted by Gasteiger charge is 2.32. The van der Waals surface area contributed by atoms with Gasteiger partial charge in [0.25, 0.3) is 0 Å². The van der Waals surface area contributed by atoms with E-state index in [-0.39, 0.29) is 5.82 Å². The zero-order valence-electron chi connectivity index (χ0n) is 13.5. The summed E-state index contributed by atoms with van der Waals surface area (Å²) in [6.45, 7) is 0.832. The van der Waals surface area contributed by atoms with Gasteiger partial charge in [-0.15, -0.1) is 0 Å². The molecule has 134 valence electrons. The van der Waals surface area contributed by atoms with Crippen LogP contribution in [-0.2, 0) is 12.7 Å². The van der Waals surface area contributed by atoms with Gasteiger partial charge in [-0.1, -0.05) is 24.3 Å². The summed E-state index contributed by atoms with van der Waals surface area (Å²) in [5, 5.41) is 10.4. The number of aliphatic hydroxyl groups is 1. The van der Waals surface area contributed by atoms with Crippen LogP contribution in [0.1, 0.15) is 35.6 Å². The quantitative estimate of drug-likeness (QED) is 0.771. The molecular weight excluding hydrogens is 334 g/mol. The Labute approximate surface area is 143 Å². The van der Waals surface area contributed by atoms with Gasteiger partial charge < -0.3 is 5.11 Å². The summed E-state index contributed by atoms with van der Waals surface area (Å²) in [6.07, 6.45) is -3.09. The normalized spacial score (nSPS) is 16.2. The average Bonchev–Trinajstić information content (AvgIpc) is 3.39. The molecule has 0 spiro atoms. The van der Waals surface area contributed by atoms with E-state index in [2.05, 4.69) is 4.90 Å². The number of aliphatic hydroxyl groups excluding tert-OH is 1. The third kappa shape index (κ3) is 4.80. The van der Waals surface area contributed by atoms with Crippen LogP contribution in [0, 0.1) is 5.82 Å². The van der Waals surface area contributed by atoms with E-state index in [0.29, 0.717) is 24.7 Å². The Morgan fingerprint density at radius 2 is 1.60 bits per heavy atom. The van der Waals surface area contributed by atoms with Gasteiger partial charge in [0.2, 0.25) is 0 Å². The van der Waals surface area contributed by atoms with Crippen LogP contribution in [0.15, 0.2) is 48.5 Å².